The van der Waals surface area contributed by atoms with Gasteiger partial charge in [-0.2, -0.15) is 0 Å². The number of hydrogen-bond acceptors (Lipinski definition) is 3. The average molecular weight is 308 g/mol. The van der Waals surface area contributed by atoms with E-state index >= 15 is 0 Å². The molecule has 4 nitrogen and oxygen atoms in total. The van der Waals surface area contributed by atoms with Gasteiger partial charge in [0.15, 0.2) is 6.10 Å². The van der Waals surface area contributed by atoms with Crippen LogP contribution in [0.5, 0.6) is 11.5 Å². The number of rotatable bonds is 6. The van der Waals surface area contributed by atoms with Crippen molar-refractivity contribution in [1.82, 2.24) is 9.97 Å². The second kappa shape index (κ2) is 6.57. The molecule has 0 aliphatic carbocycles. The molecule has 0 aliphatic rings. The highest BCUT2D eigenvalue weighted by Crippen LogP contribution is 2.26. The van der Waals surface area contributed by atoms with E-state index in [2.05, 4.69) is 16.5 Å². The number of ether oxygens (including phenoxy) is 2. The maximum Gasteiger partial charge on any atom is 0.153 e. The Hall–Kier alpha value is -2.75. The van der Waals surface area contributed by atoms with E-state index in [9.17, 15) is 0 Å². The minimum atomic E-state index is -0.181. The molecule has 1 unspecified atom stereocenters. The molecule has 1 heterocycles. The maximum atomic E-state index is 6.10. The SMILES string of the molecule is C=CCc1ccccc1OC(C)c1nc2ccc(OC)cc2[nH]1. The van der Waals surface area contributed by atoms with Gasteiger partial charge in [-0.25, -0.2) is 4.98 Å². The molecule has 4 heteroatoms. The topological polar surface area (TPSA) is 47.1 Å². The fourth-order valence-electron chi connectivity index (χ4n) is 2.52. The number of H-pyrrole nitrogens is 1. The first-order chi connectivity index (χ1) is 11.2. The number of fused-ring (bicyclic) bond motifs is 1. The summed E-state index contributed by atoms with van der Waals surface area (Å²) >= 11 is 0. The van der Waals surface area contributed by atoms with Crippen LogP contribution >= 0.6 is 0 Å². The van der Waals surface area contributed by atoms with Gasteiger partial charge in [-0.3, -0.25) is 0 Å². The molecule has 0 fully saturated rings. The van der Waals surface area contributed by atoms with Crippen LogP contribution in [0.15, 0.2) is 55.1 Å². The zero-order valence-electron chi connectivity index (χ0n) is 13.4. The van der Waals surface area contributed by atoms with Crippen LogP contribution in [-0.4, -0.2) is 17.1 Å². The summed E-state index contributed by atoms with van der Waals surface area (Å²) in [5.74, 6) is 2.46. The second-order valence-corrected chi connectivity index (χ2v) is 5.37. The predicted molar refractivity (Wildman–Crippen MR) is 92.0 cm³/mol. The quantitative estimate of drug-likeness (QED) is 0.685. The van der Waals surface area contributed by atoms with E-state index in [1.54, 1.807) is 7.11 Å². The summed E-state index contributed by atoms with van der Waals surface area (Å²) in [6, 6.07) is 13.8. The van der Waals surface area contributed by atoms with Crippen LogP contribution in [0.4, 0.5) is 0 Å². The van der Waals surface area contributed by atoms with E-state index in [1.807, 2.05) is 55.5 Å². The third kappa shape index (κ3) is 3.21. The van der Waals surface area contributed by atoms with Gasteiger partial charge in [-0.1, -0.05) is 24.3 Å². The molecule has 0 radical (unpaired) electrons. The summed E-state index contributed by atoms with van der Waals surface area (Å²) in [5.41, 5.74) is 2.96. The maximum absolute atomic E-state index is 6.10. The van der Waals surface area contributed by atoms with Crippen molar-refractivity contribution in [2.24, 2.45) is 0 Å². The van der Waals surface area contributed by atoms with Gasteiger partial charge in [-0.05, 0) is 37.1 Å². The number of imidazole rings is 1. The Balaban J connectivity index is 1.86. The Morgan fingerprint density at radius 2 is 2.09 bits per heavy atom. The number of hydrogen-bond donors (Lipinski definition) is 1. The first kappa shape index (κ1) is 15.2. The molecule has 0 saturated carbocycles. The summed E-state index contributed by atoms with van der Waals surface area (Å²) in [6.07, 6.45) is 2.47. The van der Waals surface area contributed by atoms with E-state index in [0.29, 0.717) is 0 Å². The molecular formula is C19H20N2O2. The van der Waals surface area contributed by atoms with Crippen LogP contribution in [-0.2, 0) is 6.42 Å². The van der Waals surface area contributed by atoms with Crippen LogP contribution in [0, 0.1) is 0 Å². The molecule has 0 bridgehead atoms. The van der Waals surface area contributed by atoms with Crippen LogP contribution in [0.2, 0.25) is 0 Å². The Morgan fingerprint density at radius 1 is 1.26 bits per heavy atom. The van der Waals surface area contributed by atoms with Gasteiger partial charge < -0.3 is 14.5 Å². The van der Waals surface area contributed by atoms with Crippen molar-refractivity contribution in [3.63, 3.8) is 0 Å². The lowest BCUT2D eigenvalue weighted by Gasteiger charge is -2.15. The van der Waals surface area contributed by atoms with E-state index in [-0.39, 0.29) is 6.10 Å². The Labute approximate surface area is 135 Å². The normalized spacial score (nSPS) is 12.1. The molecule has 1 atom stereocenters. The third-order valence-electron chi connectivity index (χ3n) is 3.73. The smallest absolute Gasteiger partial charge is 0.153 e. The van der Waals surface area contributed by atoms with Gasteiger partial charge in [0.2, 0.25) is 0 Å². The fourth-order valence-corrected chi connectivity index (χ4v) is 2.52. The van der Waals surface area contributed by atoms with Gasteiger partial charge in [0.05, 0.1) is 18.1 Å². The van der Waals surface area contributed by atoms with Crippen molar-refractivity contribution in [1.29, 1.82) is 0 Å². The monoisotopic (exact) mass is 308 g/mol. The number of aromatic nitrogens is 2. The van der Waals surface area contributed by atoms with E-state index < -0.39 is 0 Å². The van der Waals surface area contributed by atoms with Gasteiger partial charge in [-0.15, -0.1) is 6.58 Å². The molecular weight excluding hydrogens is 288 g/mol. The summed E-state index contributed by atoms with van der Waals surface area (Å²) in [6.45, 7) is 5.78. The number of aromatic amines is 1. The minimum Gasteiger partial charge on any atom is -0.497 e. The summed E-state index contributed by atoms with van der Waals surface area (Å²) in [5, 5.41) is 0. The molecule has 1 aromatic heterocycles. The van der Waals surface area contributed by atoms with E-state index in [1.165, 1.54) is 0 Å². The summed E-state index contributed by atoms with van der Waals surface area (Å²) in [4.78, 5) is 7.91. The molecule has 3 rings (SSSR count). The first-order valence-corrected chi connectivity index (χ1v) is 7.60. The Morgan fingerprint density at radius 3 is 2.87 bits per heavy atom. The Kier molecular flexibility index (Phi) is 4.33. The largest absolute Gasteiger partial charge is 0.497 e. The minimum absolute atomic E-state index is 0.181. The number of allylic oxidation sites excluding steroid dienone is 1. The van der Waals surface area contributed by atoms with Crippen LogP contribution in [0.25, 0.3) is 11.0 Å². The molecule has 2 aromatic carbocycles. The molecule has 0 amide bonds. The van der Waals surface area contributed by atoms with Crippen molar-refractivity contribution in [3.8, 4) is 11.5 Å². The molecule has 0 saturated heterocycles. The molecule has 0 spiro atoms. The second-order valence-electron chi connectivity index (χ2n) is 5.37. The van der Waals surface area contributed by atoms with Crippen molar-refractivity contribution in [2.45, 2.75) is 19.4 Å². The van der Waals surface area contributed by atoms with Crippen LogP contribution in [0.1, 0.15) is 24.4 Å². The van der Waals surface area contributed by atoms with Crippen molar-refractivity contribution >= 4 is 11.0 Å². The Bertz CT molecular complexity index is 823. The zero-order chi connectivity index (χ0) is 16.2. The number of para-hydroxylation sites is 1. The summed E-state index contributed by atoms with van der Waals surface area (Å²) < 4.78 is 11.3. The third-order valence-corrected chi connectivity index (χ3v) is 3.73. The molecule has 118 valence electrons. The van der Waals surface area contributed by atoms with E-state index in [4.69, 9.17) is 9.47 Å². The van der Waals surface area contributed by atoms with Gasteiger partial charge in [0, 0.05) is 6.07 Å². The van der Waals surface area contributed by atoms with Gasteiger partial charge in [0.1, 0.15) is 17.3 Å². The lowest BCUT2D eigenvalue weighted by atomic mass is 10.1. The first-order valence-electron chi connectivity index (χ1n) is 7.60. The van der Waals surface area contributed by atoms with Crippen LogP contribution in [0.3, 0.4) is 0 Å². The van der Waals surface area contributed by atoms with Crippen molar-refractivity contribution < 1.29 is 9.47 Å². The average Bonchev–Trinajstić information content (AvgIpc) is 3.00. The van der Waals surface area contributed by atoms with Gasteiger partial charge in [0.25, 0.3) is 0 Å². The molecule has 3 aromatic rings. The highest BCUT2D eigenvalue weighted by atomic mass is 16.5. The number of benzene rings is 2. The fraction of sp³-hybridized carbons (Fsp3) is 0.211. The molecule has 1 N–H and O–H groups in total. The molecule has 0 aliphatic heterocycles. The number of nitrogens with zero attached hydrogens (tertiary/aromatic N) is 1. The highest BCUT2D eigenvalue weighted by molar-refractivity contribution is 5.76. The van der Waals surface area contributed by atoms with Crippen LogP contribution < -0.4 is 9.47 Å². The lowest BCUT2D eigenvalue weighted by Crippen LogP contribution is -2.06. The standard InChI is InChI=1S/C19H20N2O2/c1-4-7-14-8-5-6-9-18(14)23-13(2)19-20-16-11-10-15(22-3)12-17(16)21-19/h4-6,8-13H,1,7H2,2-3H3,(H,20,21). The van der Waals surface area contributed by atoms with Crippen molar-refractivity contribution in [3.05, 3.63) is 66.5 Å². The number of methoxy groups -OCH3 is 1. The van der Waals surface area contributed by atoms with Gasteiger partial charge >= 0.3 is 0 Å². The predicted octanol–water partition coefficient (Wildman–Crippen LogP) is 4.44. The lowest BCUT2D eigenvalue weighted by molar-refractivity contribution is 0.216. The van der Waals surface area contributed by atoms with E-state index in [0.717, 1.165) is 40.3 Å². The highest BCUT2D eigenvalue weighted by Gasteiger charge is 2.14. The summed E-state index contributed by atoms with van der Waals surface area (Å²) in [7, 11) is 1.65. The molecule has 23 heavy (non-hydrogen) atoms. The van der Waals surface area contributed by atoms with Crippen molar-refractivity contribution in [2.75, 3.05) is 7.11 Å². The number of nitrogens with one attached hydrogen (secondary N) is 1. The zero-order valence-corrected chi connectivity index (χ0v) is 13.4.